The molecule has 1 aromatic carbocycles. The summed E-state index contributed by atoms with van der Waals surface area (Å²) in [6.07, 6.45) is 0.921. The number of amides is 2. The number of alkyl halides is 1. The molecule has 9 heteroatoms. The van der Waals surface area contributed by atoms with Gasteiger partial charge in [0.2, 0.25) is 11.8 Å². The Labute approximate surface area is 233 Å². The zero-order chi connectivity index (χ0) is 28.0. The van der Waals surface area contributed by atoms with Gasteiger partial charge in [0, 0.05) is 10.4 Å². The number of carbonyl (C=O) groups is 3. The van der Waals surface area contributed by atoms with Gasteiger partial charge in [-0.05, 0) is 51.0 Å². The fraction of sp³-hybridized carbons (Fsp3) is 0.690. The van der Waals surface area contributed by atoms with Crippen molar-refractivity contribution in [1.82, 2.24) is 10.2 Å². The maximum Gasteiger partial charge on any atom is 0.312 e. The van der Waals surface area contributed by atoms with Crippen LogP contribution >= 0.6 is 15.9 Å². The Hall–Kier alpha value is -1.97. The summed E-state index contributed by atoms with van der Waals surface area (Å²) in [5, 5.41) is 13.7. The molecule has 0 aromatic heterocycles. The quantitative estimate of drug-likeness (QED) is 0.337. The van der Waals surface area contributed by atoms with Crippen molar-refractivity contribution in [2.75, 3.05) is 13.2 Å². The number of hydrogen-bond acceptors (Lipinski definition) is 6. The molecule has 8 nitrogen and oxygen atoms in total. The maximum absolute atomic E-state index is 14.2. The van der Waals surface area contributed by atoms with Crippen molar-refractivity contribution in [2.24, 2.45) is 17.3 Å². The van der Waals surface area contributed by atoms with E-state index in [0.29, 0.717) is 19.3 Å². The van der Waals surface area contributed by atoms with E-state index in [1.165, 1.54) is 4.90 Å². The first kappa shape index (κ1) is 29.0. The molecule has 1 spiro atoms. The minimum atomic E-state index is -1.20. The summed E-state index contributed by atoms with van der Waals surface area (Å²) in [5.41, 5.74) is -0.856. The van der Waals surface area contributed by atoms with Crippen LogP contribution in [0.15, 0.2) is 30.3 Å². The predicted octanol–water partition coefficient (Wildman–Crippen LogP) is 3.23. The number of carbonyl (C=O) groups excluding carboxylic acids is 3. The lowest BCUT2D eigenvalue weighted by Crippen LogP contribution is -2.61. The zero-order valence-electron chi connectivity index (χ0n) is 23.2. The van der Waals surface area contributed by atoms with E-state index in [-0.39, 0.29) is 35.3 Å². The van der Waals surface area contributed by atoms with Gasteiger partial charge >= 0.3 is 5.97 Å². The first-order chi connectivity index (χ1) is 17.7. The molecule has 2 amide bonds. The van der Waals surface area contributed by atoms with Gasteiger partial charge in [-0.1, -0.05) is 67.0 Å². The van der Waals surface area contributed by atoms with E-state index in [1.807, 2.05) is 44.2 Å². The molecule has 3 heterocycles. The van der Waals surface area contributed by atoms with Gasteiger partial charge in [0.15, 0.2) is 0 Å². The van der Waals surface area contributed by atoms with E-state index in [4.69, 9.17) is 9.47 Å². The van der Waals surface area contributed by atoms with Crippen LogP contribution in [0, 0.1) is 17.3 Å². The Kier molecular flexibility index (Phi) is 8.05. The number of esters is 1. The Bertz CT molecular complexity index is 1060. The van der Waals surface area contributed by atoms with Crippen molar-refractivity contribution >= 4 is 33.7 Å². The molecule has 3 aliphatic rings. The first-order valence-electron chi connectivity index (χ1n) is 13.5. The van der Waals surface area contributed by atoms with Crippen LogP contribution in [0.4, 0.5) is 0 Å². The van der Waals surface area contributed by atoms with Gasteiger partial charge in [-0.15, -0.1) is 0 Å². The van der Waals surface area contributed by atoms with Crippen molar-refractivity contribution in [2.45, 2.75) is 95.0 Å². The van der Waals surface area contributed by atoms with Crippen LogP contribution in [0.25, 0.3) is 0 Å². The van der Waals surface area contributed by atoms with Crippen molar-refractivity contribution < 1.29 is 29.0 Å². The molecule has 0 radical (unpaired) electrons. The standard InChI is InChI=1S/C29H41BrN2O6/c1-7-37-26(36)20-21-25(35)32(18(15-33)13-17-11-9-8-10-12-17)23(29(21)14-19(30)22(20)38-29)24(34)31-28(5,6)16-27(2,3)4/h8-12,18-23,33H,7,13-16H2,1-6H3,(H,31,34)/t18-,19?,20-,21+,22-,23?,29?/m1/s1. The smallest absolute Gasteiger partial charge is 0.312 e. The second-order valence-corrected chi connectivity index (χ2v) is 14.0. The number of hydrogen-bond donors (Lipinski definition) is 2. The van der Waals surface area contributed by atoms with Gasteiger partial charge in [0.25, 0.3) is 0 Å². The van der Waals surface area contributed by atoms with Gasteiger partial charge in [0.05, 0.1) is 37.2 Å². The van der Waals surface area contributed by atoms with Crippen LogP contribution < -0.4 is 5.32 Å². The van der Waals surface area contributed by atoms with Crippen molar-refractivity contribution in [1.29, 1.82) is 0 Å². The Morgan fingerprint density at radius 3 is 2.47 bits per heavy atom. The SMILES string of the molecule is CCOC(=O)[C@H]1[C@@H]2OC3(CC2Br)C(C(=O)NC(C)(C)CC(C)(C)C)N([C@@H](CO)Cc2ccccc2)C(=O)[C@H]13. The number of halogens is 1. The molecule has 4 rings (SSSR count). The predicted molar refractivity (Wildman–Crippen MR) is 146 cm³/mol. The zero-order valence-corrected chi connectivity index (χ0v) is 24.8. The molecule has 2 N–H and O–H groups in total. The highest BCUT2D eigenvalue weighted by Crippen LogP contribution is 2.60. The van der Waals surface area contributed by atoms with Gasteiger partial charge in [-0.3, -0.25) is 14.4 Å². The number of rotatable bonds is 9. The van der Waals surface area contributed by atoms with Crippen molar-refractivity contribution in [3.8, 4) is 0 Å². The molecule has 2 bridgehead atoms. The van der Waals surface area contributed by atoms with Gasteiger partial charge < -0.3 is 24.8 Å². The van der Waals surface area contributed by atoms with Crippen molar-refractivity contribution in [3.05, 3.63) is 35.9 Å². The second kappa shape index (κ2) is 10.5. The molecule has 1 aromatic rings. The summed E-state index contributed by atoms with van der Waals surface area (Å²) in [5.74, 6) is -2.83. The number of aliphatic hydroxyl groups is 1. The average Bonchev–Trinajstić information content (AvgIpc) is 3.39. The summed E-state index contributed by atoms with van der Waals surface area (Å²) in [6, 6.07) is 7.92. The summed E-state index contributed by atoms with van der Waals surface area (Å²) in [7, 11) is 0. The molecule has 0 saturated carbocycles. The third kappa shape index (κ3) is 5.26. The molecule has 3 fully saturated rings. The van der Waals surface area contributed by atoms with Crippen LogP contribution in [0.3, 0.4) is 0 Å². The normalized spacial score (nSPS) is 31.3. The molecule has 210 valence electrons. The fourth-order valence-electron chi connectivity index (χ4n) is 7.18. The Balaban J connectivity index is 1.76. The van der Waals surface area contributed by atoms with Crippen molar-refractivity contribution in [3.63, 3.8) is 0 Å². The fourth-order valence-corrected chi connectivity index (χ4v) is 8.12. The van der Waals surface area contributed by atoms with E-state index < -0.39 is 47.1 Å². The largest absolute Gasteiger partial charge is 0.466 e. The third-order valence-electron chi connectivity index (χ3n) is 7.89. The molecule has 7 atom stereocenters. The average molecular weight is 594 g/mol. The molecular weight excluding hydrogens is 552 g/mol. The van der Waals surface area contributed by atoms with E-state index in [9.17, 15) is 19.5 Å². The highest BCUT2D eigenvalue weighted by atomic mass is 79.9. The lowest BCUT2D eigenvalue weighted by molar-refractivity contribution is -0.155. The monoisotopic (exact) mass is 592 g/mol. The second-order valence-electron chi connectivity index (χ2n) is 12.8. The van der Waals surface area contributed by atoms with Gasteiger partial charge in [-0.2, -0.15) is 0 Å². The van der Waals surface area contributed by atoms with E-state index >= 15 is 0 Å². The molecule has 0 aliphatic carbocycles. The Morgan fingerprint density at radius 1 is 1.24 bits per heavy atom. The minimum Gasteiger partial charge on any atom is -0.466 e. The summed E-state index contributed by atoms with van der Waals surface area (Å²) in [4.78, 5) is 42.9. The van der Waals surface area contributed by atoms with E-state index in [1.54, 1.807) is 6.92 Å². The number of aliphatic hydroxyl groups excluding tert-OH is 1. The molecule has 3 unspecified atom stereocenters. The lowest BCUT2D eigenvalue weighted by atomic mass is 9.70. The van der Waals surface area contributed by atoms with Gasteiger partial charge in [-0.25, -0.2) is 0 Å². The van der Waals surface area contributed by atoms with Crippen LogP contribution in [0.2, 0.25) is 0 Å². The number of fused-ring (bicyclic) bond motifs is 1. The third-order valence-corrected chi connectivity index (χ3v) is 8.73. The van der Waals surface area contributed by atoms with E-state index in [0.717, 1.165) is 5.56 Å². The first-order valence-corrected chi connectivity index (χ1v) is 14.4. The summed E-state index contributed by atoms with van der Waals surface area (Å²) in [6.45, 7) is 11.9. The summed E-state index contributed by atoms with van der Waals surface area (Å²) >= 11 is 3.67. The number of benzene rings is 1. The lowest BCUT2D eigenvalue weighted by Gasteiger charge is -2.40. The topological polar surface area (TPSA) is 105 Å². The van der Waals surface area contributed by atoms with Crippen LogP contribution in [-0.4, -0.2) is 75.2 Å². The highest BCUT2D eigenvalue weighted by Gasteiger charge is 2.77. The molecular formula is C29H41BrN2O6. The number of likely N-dealkylation sites (tertiary alicyclic amines) is 1. The van der Waals surface area contributed by atoms with E-state index in [2.05, 4.69) is 42.0 Å². The van der Waals surface area contributed by atoms with Crippen LogP contribution in [0.5, 0.6) is 0 Å². The van der Waals surface area contributed by atoms with Gasteiger partial charge in [0.1, 0.15) is 11.6 Å². The highest BCUT2D eigenvalue weighted by molar-refractivity contribution is 9.09. The number of nitrogens with one attached hydrogen (secondary N) is 1. The molecule has 3 saturated heterocycles. The molecule has 3 aliphatic heterocycles. The summed E-state index contributed by atoms with van der Waals surface area (Å²) < 4.78 is 11.9. The van der Waals surface area contributed by atoms with Crippen LogP contribution in [-0.2, 0) is 30.3 Å². The number of nitrogens with zero attached hydrogens (tertiary/aromatic N) is 1. The minimum absolute atomic E-state index is 0.0397. The van der Waals surface area contributed by atoms with Crippen LogP contribution in [0.1, 0.15) is 59.9 Å². The maximum atomic E-state index is 14.2. The Morgan fingerprint density at radius 2 is 1.89 bits per heavy atom. The molecule has 38 heavy (non-hydrogen) atoms. The number of ether oxygens (including phenoxy) is 2.